The van der Waals surface area contributed by atoms with Gasteiger partial charge in [-0.1, -0.05) is 25.8 Å². The molecule has 1 fully saturated rings. The summed E-state index contributed by atoms with van der Waals surface area (Å²) in [5, 5.41) is 0. The van der Waals surface area contributed by atoms with Gasteiger partial charge in [0.05, 0.1) is 7.11 Å². The number of nitrogens with zero attached hydrogens (tertiary/aromatic N) is 1. The van der Waals surface area contributed by atoms with Crippen molar-refractivity contribution in [2.24, 2.45) is 5.92 Å². The SMILES string of the molecule is COC(=O)C(C)=CCN(C)C1CCCCC1C. The first kappa shape index (κ1) is 14.2. The number of esters is 1. The Labute approximate surface area is 105 Å². The summed E-state index contributed by atoms with van der Waals surface area (Å²) in [5.74, 6) is 0.538. The first-order valence-corrected chi connectivity index (χ1v) is 6.51. The van der Waals surface area contributed by atoms with E-state index in [9.17, 15) is 4.79 Å². The van der Waals surface area contributed by atoms with Crippen molar-refractivity contribution in [1.29, 1.82) is 0 Å². The van der Waals surface area contributed by atoms with Gasteiger partial charge in [0.25, 0.3) is 0 Å². The van der Waals surface area contributed by atoms with Crippen molar-refractivity contribution < 1.29 is 9.53 Å². The Morgan fingerprint density at radius 1 is 1.41 bits per heavy atom. The van der Waals surface area contributed by atoms with Crippen LogP contribution in [0.15, 0.2) is 11.6 Å². The Kier molecular flexibility index (Phi) is 5.69. The van der Waals surface area contributed by atoms with Crippen LogP contribution in [-0.4, -0.2) is 37.6 Å². The van der Waals surface area contributed by atoms with Gasteiger partial charge in [0.1, 0.15) is 0 Å². The van der Waals surface area contributed by atoms with Gasteiger partial charge in [-0.2, -0.15) is 0 Å². The van der Waals surface area contributed by atoms with Crippen molar-refractivity contribution in [2.45, 2.75) is 45.6 Å². The van der Waals surface area contributed by atoms with Crippen LogP contribution in [0.4, 0.5) is 0 Å². The Morgan fingerprint density at radius 2 is 2.06 bits per heavy atom. The molecule has 1 rings (SSSR count). The summed E-state index contributed by atoms with van der Waals surface area (Å²) in [4.78, 5) is 13.6. The highest BCUT2D eigenvalue weighted by Gasteiger charge is 2.24. The van der Waals surface area contributed by atoms with Crippen molar-refractivity contribution in [3.05, 3.63) is 11.6 Å². The van der Waals surface area contributed by atoms with Gasteiger partial charge in [-0.3, -0.25) is 4.90 Å². The van der Waals surface area contributed by atoms with Crippen LogP contribution >= 0.6 is 0 Å². The average molecular weight is 239 g/mol. The fourth-order valence-electron chi connectivity index (χ4n) is 2.61. The van der Waals surface area contributed by atoms with Gasteiger partial charge in [-0.25, -0.2) is 4.79 Å². The van der Waals surface area contributed by atoms with E-state index in [2.05, 4.69) is 23.6 Å². The van der Waals surface area contributed by atoms with Crippen molar-refractivity contribution in [3.63, 3.8) is 0 Å². The Morgan fingerprint density at radius 3 is 2.65 bits per heavy atom. The molecular weight excluding hydrogens is 214 g/mol. The summed E-state index contributed by atoms with van der Waals surface area (Å²) in [7, 11) is 3.57. The topological polar surface area (TPSA) is 29.5 Å². The molecule has 0 saturated heterocycles. The van der Waals surface area contributed by atoms with Crippen LogP contribution in [0.1, 0.15) is 39.5 Å². The zero-order valence-corrected chi connectivity index (χ0v) is 11.5. The minimum absolute atomic E-state index is 0.227. The summed E-state index contributed by atoms with van der Waals surface area (Å²) < 4.78 is 4.69. The quantitative estimate of drug-likeness (QED) is 0.558. The number of hydrogen-bond acceptors (Lipinski definition) is 3. The number of rotatable bonds is 4. The summed E-state index contributed by atoms with van der Waals surface area (Å²) in [6.07, 6.45) is 7.27. The molecule has 0 aliphatic heterocycles. The van der Waals surface area contributed by atoms with Crippen LogP contribution in [0.5, 0.6) is 0 Å². The number of methoxy groups -OCH3 is 1. The molecule has 2 atom stereocenters. The van der Waals surface area contributed by atoms with Crippen LogP contribution in [0.25, 0.3) is 0 Å². The monoisotopic (exact) mass is 239 g/mol. The van der Waals surface area contributed by atoms with E-state index in [1.54, 1.807) is 0 Å². The number of carbonyl (C=O) groups is 1. The van der Waals surface area contributed by atoms with Gasteiger partial charge in [-0.15, -0.1) is 0 Å². The van der Waals surface area contributed by atoms with Crippen LogP contribution in [0, 0.1) is 5.92 Å². The van der Waals surface area contributed by atoms with Gasteiger partial charge < -0.3 is 4.74 Å². The molecule has 1 aliphatic rings. The highest BCUT2D eigenvalue weighted by molar-refractivity contribution is 5.87. The smallest absolute Gasteiger partial charge is 0.333 e. The van der Waals surface area contributed by atoms with E-state index in [1.165, 1.54) is 32.8 Å². The maximum atomic E-state index is 11.3. The summed E-state index contributed by atoms with van der Waals surface area (Å²) in [5.41, 5.74) is 0.697. The highest BCUT2D eigenvalue weighted by atomic mass is 16.5. The van der Waals surface area contributed by atoms with Crippen LogP contribution in [0.2, 0.25) is 0 Å². The van der Waals surface area contributed by atoms with Crippen LogP contribution < -0.4 is 0 Å². The van der Waals surface area contributed by atoms with Gasteiger partial charge in [0.2, 0.25) is 0 Å². The van der Waals surface area contributed by atoms with E-state index in [0.717, 1.165) is 12.5 Å². The van der Waals surface area contributed by atoms with Crippen LogP contribution in [0.3, 0.4) is 0 Å². The fraction of sp³-hybridized carbons (Fsp3) is 0.786. The number of carbonyl (C=O) groups excluding carboxylic acids is 1. The summed E-state index contributed by atoms with van der Waals surface area (Å²) >= 11 is 0. The van der Waals surface area contributed by atoms with Crippen molar-refractivity contribution >= 4 is 5.97 Å². The first-order valence-electron chi connectivity index (χ1n) is 6.51. The van der Waals surface area contributed by atoms with Crippen molar-refractivity contribution in [3.8, 4) is 0 Å². The molecule has 1 aliphatic carbocycles. The lowest BCUT2D eigenvalue weighted by atomic mass is 9.85. The van der Waals surface area contributed by atoms with Gasteiger partial charge in [0.15, 0.2) is 0 Å². The molecule has 0 spiro atoms. The van der Waals surface area contributed by atoms with Gasteiger partial charge in [-0.05, 0) is 32.7 Å². The lowest BCUT2D eigenvalue weighted by Gasteiger charge is -2.35. The Bertz CT molecular complexity index is 286. The van der Waals surface area contributed by atoms with Crippen molar-refractivity contribution in [2.75, 3.05) is 20.7 Å². The maximum Gasteiger partial charge on any atom is 0.333 e. The molecule has 0 heterocycles. The Hall–Kier alpha value is -0.830. The van der Waals surface area contributed by atoms with Gasteiger partial charge in [0, 0.05) is 18.2 Å². The third-order valence-corrected chi connectivity index (χ3v) is 3.83. The molecule has 3 nitrogen and oxygen atoms in total. The third kappa shape index (κ3) is 4.15. The van der Waals surface area contributed by atoms with E-state index >= 15 is 0 Å². The second-order valence-electron chi connectivity index (χ2n) is 5.15. The number of hydrogen-bond donors (Lipinski definition) is 0. The largest absolute Gasteiger partial charge is 0.466 e. The lowest BCUT2D eigenvalue weighted by Crippen LogP contribution is -2.39. The zero-order chi connectivity index (χ0) is 12.8. The number of ether oxygens (including phenoxy) is 1. The molecule has 0 aromatic heterocycles. The molecule has 0 N–H and O–H groups in total. The predicted octanol–water partition coefficient (Wildman–Crippen LogP) is 2.62. The van der Waals surface area contributed by atoms with E-state index in [1.807, 2.05) is 13.0 Å². The minimum atomic E-state index is -0.227. The summed E-state index contributed by atoms with van der Waals surface area (Å²) in [6.45, 7) is 4.97. The normalized spacial score (nSPS) is 26.1. The predicted molar refractivity (Wildman–Crippen MR) is 69.8 cm³/mol. The minimum Gasteiger partial charge on any atom is -0.466 e. The molecule has 0 radical (unpaired) electrons. The molecule has 98 valence electrons. The highest BCUT2D eigenvalue weighted by Crippen LogP contribution is 2.27. The van der Waals surface area contributed by atoms with E-state index in [-0.39, 0.29) is 5.97 Å². The molecular formula is C14H25NO2. The molecule has 2 unspecified atom stereocenters. The third-order valence-electron chi connectivity index (χ3n) is 3.83. The van der Waals surface area contributed by atoms with Crippen molar-refractivity contribution in [1.82, 2.24) is 4.90 Å². The lowest BCUT2D eigenvalue weighted by molar-refractivity contribution is -0.136. The van der Waals surface area contributed by atoms with Crippen LogP contribution in [-0.2, 0) is 9.53 Å². The standard InChI is InChI=1S/C14H25NO2/c1-11-7-5-6-8-13(11)15(3)10-9-12(2)14(16)17-4/h9,11,13H,5-8,10H2,1-4H3. The molecule has 0 bridgehead atoms. The van der Waals surface area contributed by atoms with E-state index < -0.39 is 0 Å². The molecule has 3 heteroatoms. The maximum absolute atomic E-state index is 11.3. The molecule has 17 heavy (non-hydrogen) atoms. The molecule has 0 aromatic carbocycles. The molecule has 0 aromatic rings. The van der Waals surface area contributed by atoms with Gasteiger partial charge >= 0.3 is 5.97 Å². The molecule has 0 amide bonds. The van der Waals surface area contributed by atoms with E-state index in [4.69, 9.17) is 0 Å². The fourth-order valence-corrected chi connectivity index (χ4v) is 2.61. The second kappa shape index (κ2) is 6.80. The zero-order valence-electron chi connectivity index (χ0n) is 11.5. The molecule has 1 saturated carbocycles. The van der Waals surface area contributed by atoms with E-state index in [0.29, 0.717) is 11.6 Å². The first-order chi connectivity index (χ1) is 8.06. The second-order valence-corrected chi connectivity index (χ2v) is 5.15. The average Bonchev–Trinajstić information content (AvgIpc) is 2.35. The Balaban J connectivity index is 2.48. The summed E-state index contributed by atoms with van der Waals surface area (Å²) in [6, 6.07) is 0.658. The number of likely N-dealkylation sites (N-methyl/N-ethyl adjacent to an activating group) is 1.